The van der Waals surface area contributed by atoms with E-state index in [2.05, 4.69) is 25.8 Å². The molecule has 1 unspecified atom stereocenters. The monoisotopic (exact) mass is 275 g/mol. The van der Waals surface area contributed by atoms with Crippen molar-refractivity contribution in [2.45, 2.75) is 77.7 Å². The first-order valence-corrected chi connectivity index (χ1v) is 8.29. The minimum Gasteiger partial charge on any atom is -0.345 e. The largest absolute Gasteiger partial charge is 0.345 e. The van der Waals surface area contributed by atoms with Crippen LogP contribution in [0.2, 0.25) is 0 Å². The molecule has 0 bridgehead atoms. The molecule has 1 aromatic heterocycles. The molecule has 3 N–H and O–H groups in total. The van der Waals surface area contributed by atoms with Crippen LogP contribution < -0.4 is 5.73 Å². The molecule has 0 spiro atoms. The van der Waals surface area contributed by atoms with Crippen molar-refractivity contribution in [1.82, 2.24) is 9.97 Å². The van der Waals surface area contributed by atoms with Gasteiger partial charge >= 0.3 is 0 Å². The van der Waals surface area contributed by atoms with E-state index in [9.17, 15) is 0 Å². The quantitative estimate of drug-likeness (QED) is 0.812. The number of H-pyrrole nitrogens is 1. The first-order chi connectivity index (χ1) is 9.45. The average molecular weight is 275 g/mol. The summed E-state index contributed by atoms with van der Waals surface area (Å²) in [6.45, 7) is 7.13. The number of nitrogens with zero attached hydrogens (tertiary/aromatic N) is 1. The number of hydrogen-bond donors (Lipinski definition) is 2. The second kappa shape index (κ2) is 5.18. The van der Waals surface area contributed by atoms with Crippen molar-refractivity contribution >= 4 is 0 Å². The molecule has 1 atom stereocenters. The van der Waals surface area contributed by atoms with Crippen molar-refractivity contribution in [3.63, 3.8) is 0 Å². The summed E-state index contributed by atoms with van der Waals surface area (Å²) in [6.07, 6.45) is 8.66. The van der Waals surface area contributed by atoms with Crippen molar-refractivity contribution in [2.24, 2.45) is 17.1 Å². The van der Waals surface area contributed by atoms with E-state index in [1.165, 1.54) is 43.6 Å². The van der Waals surface area contributed by atoms with Crippen LogP contribution in [0.4, 0.5) is 0 Å². The molecule has 1 aromatic rings. The van der Waals surface area contributed by atoms with Gasteiger partial charge in [-0.05, 0) is 56.3 Å². The Morgan fingerprint density at radius 1 is 1.10 bits per heavy atom. The fourth-order valence-corrected chi connectivity index (χ4v) is 4.00. The van der Waals surface area contributed by atoms with Gasteiger partial charge in [0.2, 0.25) is 0 Å². The maximum Gasteiger partial charge on any atom is 0.109 e. The molecule has 0 aliphatic heterocycles. The number of aromatic nitrogens is 2. The number of imidazole rings is 1. The third kappa shape index (κ3) is 2.65. The van der Waals surface area contributed by atoms with E-state index in [1.54, 1.807) is 0 Å². The molecular weight excluding hydrogens is 246 g/mol. The van der Waals surface area contributed by atoms with Gasteiger partial charge in [0.15, 0.2) is 0 Å². The minimum absolute atomic E-state index is 0.162. The summed E-state index contributed by atoms with van der Waals surface area (Å²) in [6, 6.07) is 0.162. The maximum absolute atomic E-state index is 6.19. The van der Waals surface area contributed by atoms with Gasteiger partial charge in [0.25, 0.3) is 0 Å². The lowest BCUT2D eigenvalue weighted by molar-refractivity contribution is 0.167. The van der Waals surface area contributed by atoms with Crippen LogP contribution in [0.25, 0.3) is 0 Å². The Morgan fingerprint density at radius 3 is 2.40 bits per heavy atom. The highest BCUT2D eigenvalue weighted by molar-refractivity contribution is 5.22. The van der Waals surface area contributed by atoms with Crippen molar-refractivity contribution in [3.8, 4) is 0 Å². The molecule has 1 saturated carbocycles. The van der Waals surface area contributed by atoms with E-state index in [4.69, 9.17) is 10.7 Å². The molecule has 1 heterocycles. The van der Waals surface area contributed by atoms with Gasteiger partial charge in [-0.2, -0.15) is 0 Å². The van der Waals surface area contributed by atoms with Gasteiger partial charge in [0, 0.05) is 17.7 Å². The summed E-state index contributed by atoms with van der Waals surface area (Å²) >= 11 is 0. The standard InChI is InChI=1S/C17H29N3/c1-17(2,3)12-9-7-11(8-10-12)16-19-14-6-4-5-13(18)15(14)20-16/h11-13H,4-10,18H2,1-3H3,(H,19,20). The highest BCUT2D eigenvalue weighted by Gasteiger charge is 2.32. The van der Waals surface area contributed by atoms with Crippen molar-refractivity contribution in [1.29, 1.82) is 0 Å². The fourth-order valence-electron chi connectivity index (χ4n) is 4.00. The summed E-state index contributed by atoms with van der Waals surface area (Å²) < 4.78 is 0. The molecule has 3 rings (SSSR count). The van der Waals surface area contributed by atoms with Gasteiger partial charge in [-0.3, -0.25) is 0 Å². The Morgan fingerprint density at radius 2 is 1.80 bits per heavy atom. The molecule has 112 valence electrons. The Hall–Kier alpha value is -0.830. The number of nitrogens with two attached hydrogens (primary N) is 1. The van der Waals surface area contributed by atoms with E-state index < -0.39 is 0 Å². The molecule has 1 fully saturated rings. The second-order valence-corrected chi connectivity index (χ2v) is 7.90. The summed E-state index contributed by atoms with van der Waals surface area (Å²) in [4.78, 5) is 8.46. The lowest BCUT2D eigenvalue weighted by atomic mass is 9.70. The number of nitrogens with one attached hydrogen (secondary N) is 1. The molecule has 0 radical (unpaired) electrons. The van der Waals surface area contributed by atoms with Gasteiger partial charge in [-0.15, -0.1) is 0 Å². The number of aryl methyl sites for hydroxylation is 1. The zero-order chi connectivity index (χ0) is 14.3. The van der Waals surface area contributed by atoms with E-state index in [-0.39, 0.29) is 6.04 Å². The fraction of sp³-hybridized carbons (Fsp3) is 0.824. The predicted molar refractivity (Wildman–Crippen MR) is 82.6 cm³/mol. The molecule has 0 aromatic carbocycles. The number of hydrogen-bond acceptors (Lipinski definition) is 2. The van der Waals surface area contributed by atoms with Gasteiger partial charge in [0.1, 0.15) is 5.82 Å². The molecular formula is C17H29N3. The summed E-state index contributed by atoms with van der Waals surface area (Å²) in [7, 11) is 0. The molecule has 3 heteroatoms. The number of rotatable bonds is 1. The molecule has 0 amide bonds. The van der Waals surface area contributed by atoms with Gasteiger partial charge in [-0.1, -0.05) is 20.8 Å². The van der Waals surface area contributed by atoms with Crippen LogP contribution in [-0.2, 0) is 6.42 Å². The first-order valence-electron chi connectivity index (χ1n) is 8.29. The zero-order valence-corrected chi connectivity index (χ0v) is 13.2. The summed E-state index contributed by atoms with van der Waals surface area (Å²) in [5.74, 6) is 2.72. The Balaban J connectivity index is 1.70. The number of aromatic amines is 1. The average Bonchev–Trinajstić information content (AvgIpc) is 2.83. The van der Waals surface area contributed by atoms with E-state index in [1.807, 2.05) is 0 Å². The van der Waals surface area contributed by atoms with Crippen LogP contribution in [0.3, 0.4) is 0 Å². The molecule has 2 aliphatic carbocycles. The topological polar surface area (TPSA) is 54.7 Å². The Bertz CT molecular complexity index is 461. The summed E-state index contributed by atoms with van der Waals surface area (Å²) in [5, 5.41) is 0. The van der Waals surface area contributed by atoms with Gasteiger partial charge < -0.3 is 10.7 Å². The highest BCUT2D eigenvalue weighted by atomic mass is 15.0. The third-order valence-electron chi connectivity index (χ3n) is 5.46. The molecule has 0 saturated heterocycles. The third-order valence-corrected chi connectivity index (χ3v) is 5.46. The lowest BCUT2D eigenvalue weighted by Crippen LogP contribution is -2.25. The smallest absolute Gasteiger partial charge is 0.109 e. The van der Waals surface area contributed by atoms with Crippen LogP contribution in [-0.4, -0.2) is 9.97 Å². The molecule has 2 aliphatic rings. The van der Waals surface area contributed by atoms with Gasteiger partial charge in [0.05, 0.1) is 5.69 Å². The van der Waals surface area contributed by atoms with Crippen LogP contribution in [0.1, 0.15) is 88.5 Å². The van der Waals surface area contributed by atoms with E-state index in [0.717, 1.165) is 24.5 Å². The number of fused-ring (bicyclic) bond motifs is 1. The van der Waals surface area contributed by atoms with Crippen LogP contribution in [0.15, 0.2) is 0 Å². The van der Waals surface area contributed by atoms with Crippen LogP contribution >= 0.6 is 0 Å². The van der Waals surface area contributed by atoms with Crippen molar-refractivity contribution in [2.75, 3.05) is 0 Å². The zero-order valence-electron chi connectivity index (χ0n) is 13.2. The summed E-state index contributed by atoms with van der Waals surface area (Å²) in [5.41, 5.74) is 9.11. The normalized spacial score (nSPS) is 31.1. The van der Waals surface area contributed by atoms with Crippen molar-refractivity contribution < 1.29 is 0 Å². The second-order valence-electron chi connectivity index (χ2n) is 7.90. The van der Waals surface area contributed by atoms with Crippen LogP contribution in [0.5, 0.6) is 0 Å². The van der Waals surface area contributed by atoms with E-state index >= 15 is 0 Å². The van der Waals surface area contributed by atoms with Crippen LogP contribution in [0, 0.1) is 11.3 Å². The first kappa shape index (κ1) is 14.1. The Labute approximate surface area is 122 Å². The maximum atomic E-state index is 6.19. The SMILES string of the molecule is CC(C)(C)C1CCC(c2nc3c([nH]2)CCCC3N)CC1. The highest BCUT2D eigenvalue weighted by Crippen LogP contribution is 2.43. The lowest BCUT2D eigenvalue weighted by Gasteiger charge is -2.36. The molecule has 20 heavy (non-hydrogen) atoms. The predicted octanol–water partition coefficient (Wildman–Crippen LogP) is 4.07. The van der Waals surface area contributed by atoms with E-state index in [0.29, 0.717) is 11.3 Å². The molecule has 3 nitrogen and oxygen atoms in total. The van der Waals surface area contributed by atoms with Crippen molar-refractivity contribution in [3.05, 3.63) is 17.2 Å². The Kier molecular flexibility index (Phi) is 3.65. The minimum atomic E-state index is 0.162. The van der Waals surface area contributed by atoms with Gasteiger partial charge in [-0.25, -0.2) is 4.98 Å².